The first-order chi connectivity index (χ1) is 23.1. The van der Waals surface area contributed by atoms with Gasteiger partial charge in [0.1, 0.15) is 0 Å². The van der Waals surface area contributed by atoms with Gasteiger partial charge in [-0.25, -0.2) is 0 Å². The van der Waals surface area contributed by atoms with Crippen LogP contribution in [0.1, 0.15) is 100 Å². The Hall–Kier alpha value is -3.65. The van der Waals surface area contributed by atoms with Crippen molar-refractivity contribution in [1.82, 2.24) is 10.2 Å². The summed E-state index contributed by atoms with van der Waals surface area (Å²) in [5.41, 5.74) is 2.56. The van der Waals surface area contributed by atoms with E-state index in [2.05, 4.69) is 22.2 Å². The number of Topliss-reactive ketones (excluding diaryl/α,β-unsaturated/α-hetero) is 4. The summed E-state index contributed by atoms with van der Waals surface area (Å²) in [5, 5.41) is 2.86. The van der Waals surface area contributed by atoms with Gasteiger partial charge in [0.25, 0.3) is 0 Å². The number of ketones is 4. The van der Waals surface area contributed by atoms with Gasteiger partial charge >= 0.3 is 0 Å². The van der Waals surface area contributed by atoms with E-state index in [-0.39, 0.29) is 48.4 Å². The number of nitrogens with one attached hydrogen (secondary N) is 1. The summed E-state index contributed by atoms with van der Waals surface area (Å²) in [6.45, 7) is 7.50. The Labute approximate surface area is 287 Å². The van der Waals surface area contributed by atoms with Gasteiger partial charge in [-0.15, -0.1) is 0 Å². The molecule has 2 aliphatic rings. The third-order valence-corrected chi connectivity index (χ3v) is 10.2. The van der Waals surface area contributed by atoms with Crippen molar-refractivity contribution in [3.05, 3.63) is 65.7 Å². The lowest BCUT2D eigenvalue weighted by molar-refractivity contribution is -0.141. The van der Waals surface area contributed by atoms with Gasteiger partial charge in [-0.3, -0.25) is 24.0 Å². The van der Waals surface area contributed by atoms with Crippen molar-refractivity contribution in [2.75, 3.05) is 38.1 Å². The fourth-order valence-electron chi connectivity index (χ4n) is 7.01. The third kappa shape index (κ3) is 11.2. The van der Waals surface area contributed by atoms with Crippen LogP contribution in [0.25, 0.3) is 0 Å². The fourth-order valence-corrected chi connectivity index (χ4v) is 7.01. The molecule has 4 rings (SSSR count). The number of hydrogen-bond donors (Lipinski definition) is 1. The van der Waals surface area contributed by atoms with Crippen molar-refractivity contribution >= 4 is 34.7 Å². The first kappa shape index (κ1) is 37.2. The zero-order valence-corrected chi connectivity index (χ0v) is 29.3. The largest absolute Gasteiger partial charge is 0.369 e. The number of piperazine rings is 1. The number of benzene rings is 2. The quantitative estimate of drug-likeness (QED) is 0.149. The minimum atomic E-state index is -0.848. The first-order valence-corrected chi connectivity index (χ1v) is 18.1. The van der Waals surface area contributed by atoms with Gasteiger partial charge < -0.3 is 15.1 Å². The normalized spacial score (nSPS) is 17.7. The van der Waals surface area contributed by atoms with E-state index in [9.17, 15) is 24.0 Å². The highest BCUT2D eigenvalue weighted by atomic mass is 16.2. The summed E-state index contributed by atoms with van der Waals surface area (Å²) in [6, 6.07) is 16.3. The molecule has 1 amide bonds. The second kappa shape index (κ2) is 18.8. The molecule has 0 radical (unpaired) electrons. The van der Waals surface area contributed by atoms with E-state index in [0.29, 0.717) is 18.4 Å². The molecule has 1 heterocycles. The van der Waals surface area contributed by atoms with Gasteiger partial charge in [-0.05, 0) is 62.6 Å². The topological polar surface area (TPSA) is 104 Å². The molecular formula is C40H55N3O5. The molecule has 2 fully saturated rings. The van der Waals surface area contributed by atoms with Crippen LogP contribution in [-0.2, 0) is 25.6 Å². The average Bonchev–Trinajstić information content (AvgIpc) is 3.10. The molecule has 1 aliphatic heterocycles. The highest BCUT2D eigenvalue weighted by Crippen LogP contribution is 2.28. The maximum absolute atomic E-state index is 13.7. The molecule has 2 aromatic rings. The van der Waals surface area contributed by atoms with Crippen LogP contribution >= 0.6 is 0 Å². The van der Waals surface area contributed by atoms with Crippen LogP contribution in [-0.4, -0.2) is 73.2 Å². The maximum atomic E-state index is 13.7. The second-order valence-electron chi connectivity index (χ2n) is 14.1. The summed E-state index contributed by atoms with van der Waals surface area (Å²) in [4.78, 5) is 71.4. The lowest BCUT2D eigenvalue weighted by atomic mass is 9.82. The molecule has 2 aromatic carbocycles. The van der Waals surface area contributed by atoms with E-state index in [1.54, 1.807) is 6.92 Å². The monoisotopic (exact) mass is 657 g/mol. The Morgan fingerprint density at radius 2 is 1.50 bits per heavy atom. The van der Waals surface area contributed by atoms with Crippen molar-refractivity contribution < 1.29 is 24.0 Å². The Bertz CT molecular complexity index is 1360. The molecule has 48 heavy (non-hydrogen) atoms. The number of likely N-dealkylation sites (N-methyl/N-ethyl adjacent to an activating group) is 1. The van der Waals surface area contributed by atoms with Gasteiger partial charge in [-0.1, -0.05) is 82.2 Å². The number of amides is 1. The molecule has 0 bridgehead atoms. The highest BCUT2D eigenvalue weighted by molar-refractivity contribution is 6.38. The summed E-state index contributed by atoms with van der Waals surface area (Å²) >= 11 is 0. The minimum absolute atomic E-state index is 0.00275. The van der Waals surface area contributed by atoms with Gasteiger partial charge in [-0.2, -0.15) is 0 Å². The van der Waals surface area contributed by atoms with Crippen molar-refractivity contribution in [3.8, 4) is 0 Å². The van der Waals surface area contributed by atoms with Crippen molar-refractivity contribution in [1.29, 1.82) is 0 Å². The van der Waals surface area contributed by atoms with Crippen molar-refractivity contribution in [3.63, 3.8) is 0 Å². The second-order valence-corrected chi connectivity index (χ2v) is 14.1. The van der Waals surface area contributed by atoms with Crippen LogP contribution in [0.15, 0.2) is 54.6 Å². The first-order valence-electron chi connectivity index (χ1n) is 18.1. The van der Waals surface area contributed by atoms with E-state index in [4.69, 9.17) is 0 Å². The molecule has 8 nitrogen and oxygen atoms in total. The minimum Gasteiger partial charge on any atom is -0.369 e. The van der Waals surface area contributed by atoms with E-state index in [1.807, 2.05) is 61.5 Å². The van der Waals surface area contributed by atoms with E-state index in [1.165, 1.54) is 6.42 Å². The van der Waals surface area contributed by atoms with Crippen molar-refractivity contribution in [2.24, 2.45) is 17.8 Å². The molecule has 1 N–H and O–H groups in total. The number of carbonyl (C=O) groups is 5. The molecule has 0 aromatic heterocycles. The summed E-state index contributed by atoms with van der Waals surface area (Å²) in [7, 11) is 2.12. The average molecular weight is 658 g/mol. The molecule has 1 saturated heterocycles. The van der Waals surface area contributed by atoms with Crippen molar-refractivity contribution in [2.45, 2.75) is 96.9 Å². The van der Waals surface area contributed by atoms with E-state index >= 15 is 0 Å². The Kier molecular flexibility index (Phi) is 14.5. The zero-order chi connectivity index (χ0) is 34.5. The molecule has 1 aliphatic carbocycles. The molecule has 3 atom stereocenters. The lowest BCUT2D eigenvalue weighted by Gasteiger charge is -2.34. The smallest absolute Gasteiger partial charge is 0.224 e. The zero-order valence-electron chi connectivity index (χ0n) is 29.3. The Balaban J connectivity index is 1.39. The molecule has 0 unspecified atom stereocenters. The molecular weight excluding hydrogens is 602 g/mol. The molecule has 260 valence electrons. The number of carbonyl (C=O) groups excluding carboxylic acids is 5. The Morgan fingerprint density at radius 3 is 2.15 bits per heavy atom. The SMILES string of the molecule is CCCC[C@H](CC(=O)[C@H](C)NC(=O)[C@H](CC(=O)c1ccc(N2CCN(C)CC2)cc1)Cc1ccccc1)C(=O)C(=O)CC1CCCCC1. The summed E-state index contributed by atoms with van der Waals surface area (Å²) in [6.07, 6.45) is 7.99. The predicted molar refractivity (Wildman–Crippen MR) is 190 cm³/mol. The summed E-state index contributed by atoms with van der Waals surface area (Å²) in [5.74, 6) is -2.64. The van der Waals surface area contributed by atoms with Crippen LogP contribution in [0.2, 0.25) is 0 Å². The highest BCUT2D eigenvalue weighted by Gasteiger charge is 2.32. The fraction of sp³-hybridized carbons (Fsp3) is 0.575. The molecule has 1 saturated carbocycles. The number of unbranched alkanes of at least 4 members (excludes halogenated alkanes) is 1. The maximum Gasteiger partial charge on any atom is 0.224 e. The van der Waals surface area contributed by atoms with Gasteiger partial charge in [0.15, 0.2) is 17.3 Å². The predicted octanol–water partition coefficient (Wildman–Crippen LogP) is 6.25. The standard InChI is InChI=1S/C40H55N3O5/c1-4-5-16-33(39(47)38(46)26-31-14-10-7-11-15-31)27-36(44)29(2)41-40(48)34(25-30-12-8-6-9-13-30)28-37(45)32-17-19-35(20-18-32)43-23-21-42(3)22-24-43/h6,8-9,12-13,17-20,29,31,33-34H,4-5,7,10-11,14-16,21-28H2,1-3H3,(H,41,48)/t29-,33+,34-/m0/s1. The summed E-state index contributed by atoms with van der Waals surface area (Å²) < 4.78 is 0. The molecule has 0 spiro atoms. The van der Waals surface area contributed by atoms with Crippen LogP contribution in [0.3, 0.4) is 0 Å². The molecule has 8 heteroatoms. The van der Waals surface area contributed by atoms with E-state index < -0.39 is 23.7 Å². The van der Waals surface area contributed by atoms with Gasteiger partial charge in [0.2, 0.25) is 11.7 Å². The van der Waals surface area contributed by atoms with Crippen LogP contribution < -0.4 is 10.2 Å². The Morgan fingerprint density at radius 1 is 0.833 bits per heavy atom. The van der Waals surface area contributed by atoms with Crippen LogP contribution in [0, 0.1) is 17.8 Å². The number of nitrogens with zero attached hydrogens (tertiary/aromatic N) is 2. The van der Waals surface area contributed by atoms with E-state index in [0.717, 1.165) is 76.0 Å². The van der Waals surface area contributed by atoms with Gasteiger partial charge in [0, 0.05) is 68.5 Å². The van der Waals surface area contributed by atoms with Gasteiger partial charge in [0.05, 0.1) is 6.04 Å². The van der Waals surface area contributed by atoms with Crippen LogP contribution in [0.5, 0.6) is 0 Å². The number of anilines is 1. The third-order valence-electron chi connectivity index (χ3n) is 10.2. The lowest BCUT2D eigenvalue weighted by Crippen LogP contribution is -2.44. The van der Waals surface area contributed by atoms with Crippen LogP contribution in [0.4, 0.5) is 5.69 Å². The number of hydrogen-bond acceptors (Lipinski definition) is 7. The number of rotatable bonds is 18.